The molecular weight excluding hydrogens is 594 g/mol. The number of hydrogen-bond donors (Lipinski definition) is 0. The predicted molar refractivity (Wildman–Crippen MR) is 175 cm³/mol. The van der Waals surface area contributed by atoms with Crippen molar-refractivity contribution in [2.75, 3.05) is 6.61 Å². The van der Waals surface area contributed by atoms with E-state index in [0.29, 0.717) is 17.1 Å². The van der Waals surface area contributed by atoms with E-state index in [0.717, 1.165) is 27.8 Å². The first-order valence-corrected chi connectivity index (χ1v) is 15.3. The maximum absolute atomic E-state index is 13.6. The summed E-state index contributed by atoms with van der Waals surface area (Å²) in [5.41, 5.74) is 3.77. The van der Waals surface area contributed by atoms with Crippen LogP contribution in [0.4, 0.5) is 5.69 Å². The minimum Gasteiger partial charge on any atom is -0.492 e. The molecule has 0 aliphatic heterocycles. The van der Waals surface area contributed by atoms with E-state index in [4.69, 9.17) is 14.2 Å². The molecule has 8 rings (SSSR count). The lowest BCUT2D eigenvalue weighted by Crippen LogP contribution is -2.47. The molecule has 0 saturated heterocycles. The van der Waals surface area contributed by atoms with Crippen molar-refractivity contribution in [2.45, 2.75) is 32.1 Å². The zero-order valence-corrected chi connectivity index (χ0v) is 26.1. The molecule has 3 aliphatic rings. The summed E-state index contributed by atoms with van der Waals surface area (Å²) in [4.78, 5) is 37.7. The maximum Gasteiger partial charge on any atom is 0.343 e. The van der Waals surface area contributed by atoms with Crippen LogP contribution in [0.1, 0.15) is 70.4 Å². The van der Waals surface area contributed by atoms with Crippen LogP contribution < -0.4 is 14.2 Å². The fourth-order valence-electron chi connectivity index (χ4n) is 6.72. The topological polar surface area (TPSA) is 105 Å². The van der Waals surface area contributed by atoms with E-state index in [-0.39, 0.29) is 29.5 Å². The molecule has 0 saturated carbocycles. The van der Waals surface area contributed by atoms with Crippen molar-refractivity contribution in [1.29, 1.82) is 0 Å². The normalized spacial score (nSPS) is 17.1. The first-order chi connectivity index (χ1) is 22.6. The Balaban J connectivity index is 1.47. The molecule has 47 heavy (non-hydrogen) atoms. The van der Waals surface area contributed by atoms with Crippen LogP contribution in [-0.2, 0) is 10.2 Å². The van der Waals surface area contributed by atoms with E-state index in [1.165, 1.54) is 24.3 Å². The number of benzene rings is 5. The van der Waals surface area contributed by atoms with Crippen LogP contribution in [0.15, 0.2) is 115 Å². The second kappa shape index (κ2) is 11.2. The molecule has 0 radical (unpaired) electrons. The Labute approximate surface area is 271 Å². The minimum atomic E-state index is -0.970. The largest absolute Gasteiger partial charge is 0.492 e. The van der Waals surface area contributed by atoms with E-state index >= 15 is 0 Å². The van der Waals surface area contributed by atoms with Gasteiger partial charge in [0, 0.05) is 29.2 Å². The highest BCUT2D eigenvalue weighted by atomic mass is 16.6. The molecular formula is C39H31NO7. The van der Waals surface area contributed by atoms with E-state index in [1.807, 2.05) is 54.6 Å². The van der Waals surface area contributed by atoms with Gasteiger partial charge in [-0.05, 0) is 79.4 Å². The Morgan fingerprint density at radius 2 is 1.32 bits per heavy atom. The zero-order valence-electron chi connectivity index (χ0n) is 26.1. The number of nitro groups is 1. The molecule has 5 aromatic carbocycles. The molecule has 8 heteroatoms. The summed E-state index contributed by atoms with van der Waals surface area (Å²) in [6.45, 7) is 5.56. The van der Waals surface area contributed by atoms with E-state index < -0.39 is 27.7 Å². The van der Waals surface area contributed by atoms with Crippen molar-refractivity contribution < 1.29 is 28.7 Å². The number of ether oxygens (including phenoxy) is 3. The van der Waals surface area contributed by atoms with Crippen LogP contribution in [0, 0.1) is 15.5 Å². The Kier molecular flexibility index (Phi) is 7.16. The van der Waals surface area contributed by atoms with Crippen molar-refractivity contribution in [3.63, 3.8) is 0 Å². The van der Waals surface area contributed by atoms with Crippen molar-refractivity contribution >= 4 is 17.6 Å². The third-order valence-electron chi connectivity index (χ3n) is 8.88. The Morgan fingerprint density at radius 1 is 0.745 bits per heavy atom. The van der Waals surface area contributed by atoms with E-state index in [2.05, 4.69) is 24.3 Å². The van der Waals surface area contributed by atoms with Crippen LogP contribution in [0.2, 0.25) is 0 Å². The monoisotopic (exact) mass is 625 g/mol. The number of nitro benzene ring substituents is 1. The number of esters is 2. The molecule has 0 spiro atoms. The van der Waals surface area contributed by atoms with Gasteiger partial charge in [0.05, 0.1) is 21.3 Å². The number of para-hydroxylation sites is 1. The van der Waals surface area contributed by atoms with Gasteiger partial charge in [-0.1, -0.05) is 66.7 Å². The van der Waals surface area contributed by atoms with Crippen molar-refractivity contribution in [3.05, 3.63) is 164 Å². The number of non-ortho nitro benzene ring substituents is 1. The molecule has 0 unspecified atom stereocenters. The Bertz CT molecular complexity index is 2000. The minimum absolute atomic E-state index is 0.133. The first-order valence-electron chi connectivity index (χ1n) is 15.3. The first kappa shape index (κ1) is 29.9. The molecule has 5 aromatic rings. The van der Waals surface area contributed by atoms with Gasteiger partial charge in [-0.3, -0.25) is 14.9 Å². The SMILES string of the molecule is CC(C)(C)C(=O)Oc1ccc(OC(=O)c2ccc([N+](=O)[O-])cc2)c2c1C1c3ccccc3C2(COc2ccccc2)c2ccccc21. The molecule has 0 atom stereocenters. The average Bonchev–Trinajstić information content (AvgIpc) is 3.08. The van der Waals surface area contributed by atoms with Gasteiger partial charge >= 0.3 is 11.9 Å². The highest BCUT2D eigenvalue weighted by molar-refractivity contribution is 5.92. The van der Waals surface area contributed by atoms with Gasteiger partial charge in [0.2, 0.25) is 0 Å². The average molecular weight is 626 g/mol. The van der Waals surface area contributed by atoms with Crippen LogP contribution in [-0.4, -0.2) is 23.5 Å². The van der Waals surface area contributed by atoms with E-state index in [9.17, 15) is 19.7 Å². The number of nitrogens with zero attached hydrogens (tertiary/aromatic N) is 1. The summed E-state index contributed by atoms with van der Waals surface area (Å²) >= 11 is 0. The fourth-order valence-corrected chi connectivity index (χ4v) is 6.72. The van der Waals surface area contributed by atoms with Gasteiger partial charge in [0.25, 0.3) is 5.69 Å². The lowest BCUT2D eigenvalue weighted by atomic mass is 9.53. The van der Waals surface area contributed by atoms with Gasteiger partial charge in [-0.25, -0.2) is 4.79 Å². The molecule has 2 bridgehead atoms. The van der Waals surface area contributed by atoms with Gasteiger partial charge in [0.1, 0.15) is 23.9 Å². The molecule has 0 N–H and O–H groups in total. The summed E-state index contributed by atoms with van der Waals surface area (Å²) in [6.07, 6.45) is 0. The molecule has 0 fully saturated rings. The second-order valence-electron chi connectivity index (χ2n) is 12.8. The third-order valence-corrected chi connectivity index (χ3v) is 8.88. The zero-order chi connectivity index (χ0) is 32.9. The van der Waals surface area contributed by atoms with Crippen LogP contribution in [0.25, 0.3) is 0 Å². The van der Waals surface area contributed by atoms with Crippen LogP contribution in [0.5, 0.6) is 17.2 Å². The van der Waals surface area contributed by atoms with Crippen LogP contribution in [0.3, 0.4) is 0 Å². The fraction of sp³-hybridized carbons (Fsp3) is 0.179. The van der Waals surface area contributed by atoms with Crippen molar-refractivity contribution in [1.82, 2.24) is 0 Å². The highest BCUT2D eigenvalue weighted by Crippen LogP contribution is 2.63. The Hall–Kier alpha value is -5.76. The summed E-state index contributed by atoms with van der Waals surface area (Å²) in [5.74, 6) is -0.0584. The van der Waals surface area contributed by atoms with E-state index in [1.54, 1.807) is 32.9 Å². The molecule has 234 valence electrons. The molecule has 0 aromatic heterocycles. The van der Waals surface area contributed by atoms with Gasteiger partial charge < -0.3 is 14.2 Å². The van der Waals surface area contributed by atoms with Gasteiger partial charge in [-0.15, -0.1) is 0 Å². The second-order valence-corrected chi connectivity index (χ2v) is 12.8. The third kappa shape index (κ3) is 4.93. The molecule has 0 heterocycles. The highest BCUT2D eigenvalue weighted by Gasteiger charge is 2.55. The summed E-state index contributed by atoms with van der Waals surface area (Å²) in [5, 5.41) is 11.2. The predicted octanol–water partition coefficient (Wildman–Crippen LogP) is 7.99. The van der Waals surface area contributed by atoms with Crippen LogP contribution >= 0.6 is 0 Å². The molecule has 8 nitrogen and oxygen atoms in total. The summed E-state index contributed by atoms with van der Waals surface area (Å²) in [7, 11) is 0. The van der Waals surface area contributed by atoms with Gasteiger partial charge in [0.15, 0.2) is 0 Å². The molecule has 3 aliphatic carbocycles. The smallest absolute Gasteiger partial charge is 0.343 e. The molecule has 0 amide bonds. The Morgan fingerprint density at radius 3 is 1.91 bits per heavy atom. The van der Waals surface area contributed by atoms with Gasteiger partial charge in [-0.2, -0.15) is 0 Å². The lowest BCUT2D eigenvalue weighted by molar-refractivity contribution is -0.384. The van der Waals surface area contributed by atoms with Crippen molar-refractivity contribution in [2.24, 2.45) is 5.41 Å². The number of rotatable bonds is 7. The standard InChI is InChI=1S/C39H31NO7/c1-38(2,3)37(42)47-31-21-22-32(46-36(41)24-17-19-25(20-18-24)40(43)44)35-34(31)33-27-13-7-9-15-29(27)39(35,30-16-10-8-14-28(30)33)23-45-26-11-5-4-6-12-26/h4-22,33H,23H2,1-3H3. The number of carbonyl (C=O) groups is 2. The number of carbonyl (C=O) groups excluding carboxylic acids is 2. The lowest BCUT2D eigenvalue weighted by Gasteiger charge is -2.50. The quantitative estimate of drug-likeness (QED) is 0.0781. The summed E-state index contributed by atoms with van der Waals surface area (Å²) < 4.78 is 18.9. The van der Waals surface area contributed by atoms with Crippen molar-refractivity contribution in [3.8, 4) is 17.2 Å². The summed E-state index contributed by atoms with van der Waals surface area (Å²) in [6, 6.07) is 34.4. The number of hydrogen-bond acceptors (Lipinski definition) is 7. The maximum atomic E-state index is 13.6.